The van der Waals surface area contributed by atoms with Crippen LogP contribution in [0.5, 0.6) is 5.88 Å². The van der Waals surface area contributed by atoms with E-state index in [1.54, 1.807) is 30.7 Å². The summed E-state index contributed by atoms with van der Waals surface area (Å²) in [6.45, 7) is 8.82. The maximum Gasteiger partial charge on any atom is 0.319 e. The highest BCUT2D eigenvalue weighted by Crippen LogP contribution is 2.24. The Hall–Kier alpha value is -4.14. The van der Waals surface area contributed by atoms with Crippen molar-refractivity contribution < 1.29 is 9.53 Å². The van der Waals surface area contributed by atoms with Crippen LogP contribution in [-0.2, 0) is 0 Å². The van der Waals surface area contributed by atoms with Crippen molar-refractivity contribution in [2.45, 2.75) is 33.6 Å². The Morgan fingerprint density at radius 2 is 1.94 bits per heavy atom. The Bertz CT molecular complexity index is 1120. The number of hydrogen-bond donors (Lipinski definition) is 3. The van der Waals surface area contributed by atoms with Gasteiger partial charge in [-0.1, -0.05) is 43.7 Å². The molecule has 0 fully saturated rings. The molecule has 3 rings (SSSR count). The number of nitrogens with zero attached hydrogens (tertiary/aromatic N) is 4. The molecular formula is C27H35N7O2. The lowest BCUT2D eigenvalue weighted by Gasteiger charge is -2.24. The van der Waals surface area contributed by atoms with Gasteiger partial charge in [0.25, 0.3) is 0 Å². The molecule has 190 valence electrons. The molecule has 0 saturated carbocycles. The Balaban J connectivity index is 1.64. The second kappa shape index (κ2) is 14.3. The molecule has 36 heavy (non-hydrogen) atoms. The Labute approximate surface area is 213 Å². The largest absolute Gasteiger partial charge is 0.476 e. The smallest absolute Gasteiger partial charge is 0.319 e. The third kappa shape index (κ3) is 8.90. The molecule has 9 nitrogen and oxygen atoms in total. The molecule has 1 aromatic carbocycles. The number of nitrogens with one attached hydrogen (secondary N) is 3. The quantitative estimate of drug-likeness (QED) is 0.176. The van der Waals surface area contributed by atoms with E-state index in [-0.39, 0.29) is 12.6 Å². The van der Waals surface area contributed by atoms with Crippen molar-refractivity contribution in [2.24, 2.45) is 5.10 Å². The standard InChI is InChI=1S/C27H35N7O2/c1-4-13-34(14-5-2)24-17-25(33-30-19-22-9-6-8-21(3)16-22)32-26(18-24)36-15-12-29-27(35)31-23-10-7-11-28-20-23/h6-11,16-20H,4-5,12-15H2,1-3H3,(H,32,33)(H2,29,31,35)/b30-19+. The van der Waals surface area contributed by atoms with Crippen molar-refractivity contribution in [1.29, 1.82) is 0 Å². The first kappa shape index (κ1) is 26.5. The number of aromatic nitrogens is 2. The van der Waals surface area contributed by atoms with E-state index in [2.05, 4.69) is 55.9 Å². The summed E-state index contributed by atoms with van der Waals surface area (Å²) < 4.78 is 5.89. The Kier molecular flexibility index (Phi) is 10.5. The van der Waals surface area contributed by atoms with Gasteiger partial charge in [-0.3, -0.25) is 10.4 Å². The number of aryl methyl sites for hydroxylation is 1. The number of rotatable bonds is 13. The van der Waals surface area contributed by atoms with Crippen LogP contribution < -0.4 is 25.7 Å². The molecule has 0 unspecified atom stereocenters. The summed E-state index contributed by atoms with van der Waals surface area (Å²) in [5.41, 5.74) is 6.85. The van der Waals surface area contributed by atoms with Gasteiger partial charge in [-0.2, -0.15) is 10.1 Å². The van der Waals surface area contributed by atoms with Gasteiger partial charge >= 0.3 is 6.03 Å². The number of amides is 2. The van der Waals surface area contributed by atoms with E-state index >= 15 is 0 Å². The van der Waals surface area contributed by atoms with Crippen LogP contribution in [-0.4, -0.2) is 48.5 Å². The topological polar surface area (TPSA) is 104 Å². The third-order valence-electron chi connectivity index (χ3n) is 5.13. The predicted molar refractivity (Wildman–Crippen MR) is 146 cm³/mol. The molecule has 3 N–H and O–H groups in total. The normalized spacial score (nSPS) is 10.8. The highest BCUT2D eigenvalue weighted by Gasteiger charge is 2.10. The molecule has 0 aliphatic rings. The van der Waals surface area contributed by atoms with Crippen LogP contribution in [0.4, 0.5) is 22.0 Å². The molecule has 0 spiro atoms. The Morgan fingerprint density at radius 1 is 1.11 bits per heavy atom. The fourth-order valence-electron chi connectivity index (χ4n) is 3.57. The summed E-state index contributed by atoms with van der Waals surface area (Å²) in [7, 11) is 0. The van der Waals surface area contributed by atoms with Gasteiger partial charge in [0, 0.05) is 37.1 Å². The van der Waals surface area contributed by atoms with Crippen molar-refractivity contribution in [1.82, 2.24) is 15.3 Å². The van der Waals surface area contributed by atoms with Crippen molar-refractivity contribution in [3.05, 3.63) is 72.1 Å². The average molecular weight is 490 g/mol. The van der Waals surface area contributed by atoms with Gasteiger partial charge in [-0.15, -0.1) is 0 Å². The minimum Gasteiger partial charge on any atom is -0.476 e. The average Bonchev–Trinajstić information content (AvgIpc) is 2.87. The highest BCUT2D eigenvalue weighted by molar-refractivity contribution is 5.88. The van der Waals surface area contributed by atoms with E-state index in [9.17, 15) is 4.79 Å². The number of carbonyl (C=O) groups is 1. The van der Waals surface area contributed by atoms with Crippen LogP contribution in [0.3, 0.4) is 0 Å². The molecule has 0 saturated heterocycles. The van der Waals surface area contributed by atoms with Crippen LogP contribution in [0.1, 0.15) is 37.8 Å². The van der Waals surface area contributed by atoms with Gasteiger partial charge in [-0.05, 0) is 37.5 Å². The van der Waals surface area contributed by atoms with Crippen molar-refractivity contribution in [3.8, 4) is 5.88 Å². The summed E-state index contributed by atoms with van der Waals surface area (Å²) in [4.78, 5) is 22.9. The van der Waals surface area contributed by atoms with Crippen molar-refractivity contribution >= 4 is 29.4 Å². The number of anilines is 3. The van der Waals surface area contributed by atoms with Crippen molar-refractivity contribution in [2.75, 3.05) is 41.9 Å². The fraction of sp³-hybridized carbons (Fsp3) is 0.333. The van der Waals surface area contributed by atoms with Crippen molar-refractivity contribution in [3.63, 3.8) is 0 Å². The Morgan fingerprint density at radius 3 is 2.67 bits per heavy atom. The second-order valence-corrected chi connectivity index (χ2v) is 8.29. The SMILES string of the molecule is CCCN(CCC)c1cc(N/N=C/c2cccc(C)c2)nc(OCCNC(=O)Nc2cccnc2)c1. The molecule has 0 aliphatic carbocycles. The zero-order chi connectivity index (χ0) is 25.6. The van der Waals surface area contributed by atoms with E-state index in [1.807, 2.05) is 37.3 Å². The molecule has 0 radical (unpaired) electrons. The number of pyridine rings is 2. The first-order valence-corrected chi connectivity index (χ1v) is 12.3. The van der Waals surface area contributed by atoms with Gasteiger partial charge in [0.05, 0.1) is 24.6 Å². The lowest BCUT2D eigenvalue weighted by atomic mass is 10.2. The highest BCUT2D eigenvalue weighted by atomic mass is 16.5. The first-order valence-electron chi connectivity index (χ1n) is 12.3. The summed E-state index contributed by atoms with van der Waals surface area (Å²) in [6, 6.07) is 15.2. The fourth-order valence-corrected chi connectivity index (χ4v) is 3.57. The first-order chi connectivity index (χ1) is 17.6. The monoisotopic (exact) mass is 489 g/mol. The van der Waals surface area contributed by atoms with E-state index in [4.69, 9.17) is 4.74 Å². The molecule has 0 aliphatic heterocycles. The molecule has 0 bridgehead atoms. The van der Waals surface area contributed by atoms with E-state index < -0.39 is 0 Å². The minimum absolute atomic E-state index is 0.268. The van der Waals surface area contributed by atoms with Crippen LogP contribution >= 0.6 is 0 Å². The molecule has 2 aromatic heterocycles. The number of hydrazone groups is 1. The number of carbonyl (C=O) groups excluding carboxylic acids is 1. The van der Waals surface area contributed by atoms with Gasteiger partial charge in [0.15, 0.2) is 5.82 Å². The number of benzene rings is 1. The summed E-state index contributed by atoms with van der Waals surface area (Å²) in [6.07, 6.45) is 7.06. The molecular weight excluding hydrogens is 454 g/mol. The number of hydrogen-bond acceptors (Lipinski definition) is 7. The molecule has 2 heterocycles. The molecule has 2 amide bonds. The zero-order valence-electron chi connectivity index (χ0n) is 21.2. The zero-order valence-corrected chi connectivity index (χ0v) is 21.2. The van der Waals surface area contributed by atoms with Crippen LogP contribution in [0, 0.1) is 6.92 Å². The second-order valence-electron chi connectivity index (χ2n) is 8.29. The summed E-state index contributed by atoms with van der Waals surface area (Å²) in [5.74, 6) is 1.05. The van der Waals surface area contributed by atoms with Gasteiger partial charge in [0.1, 0.15) is 6.61 Å². The van der Waals surface area contributed by atoms with Gasteiger partial charge in [0.2, 0.25) is 5.88 Å². The maximum atomic E-state index is 12.1. The van der Waals surface area contributed by atoms with Gasteiger partial charge < -0.3 is 20.3 Å². The van der Waals surface area contributed by atoms with Crippen LogP contribution in [0.25, 0.3) is 0 Å². The minimum atomic E-state index is -0.321. The number of urea groups is 1. The number of ether oxygens (including phenoxy) is 1. The van der Waals surface area contributed by atoms with Crippen LogP contribution in [0.15, 0.2) is 66.0 Å². The predicted octanol–water partition coefficient (Wildman–Crippen LogP) is 5.06. The summed E-state index contributed by atoms with van der Waals surface area (Å²) >= 11 is 0. The molecule has 9 heteroatoms. The van der Waals surface area contributed by atoms with E-state index in [0.29, 0.717) is 23.9 Å². The van der Waals surface area contributed by atoms with E-state index in [1.165, 1.54) is 5.56 Å². The summed E-state index contributed by atoms with van der Waals surface area (Å²) in [5, 5.41) is 9.86. The third-order valence-corrected chi connectivity index (χ3v) is 5.13. The molecule has 0 atom stereocenters. The van der Waals surface area contributed by atoms with Crippen LogP contribution in [0.2, 0.25) is 0 Å². The lowest BCUT2D eigenvalue weighted by Crippen LogP contribution is -2.32. The van der Waals surface area contributed by atoms with Gasteiger partial charge in [-0.25, -0.2) is 4.79 Å². The maximum absolute atomic E-state index is 12.1. The molecule has 3 aromatic rings. The lowest BCUT2D eigenvalue weighted by molar-refractivity contribution is 0.246. The van der Waals surface area contributed by atoms with E-state index in [0.717, 1.165) is 37.2 Å².